The molecule has 0 saturated carbocycles. The summed E-state index contributed by atoms with van der Waals surface area (Å²) in [6.45, 7) is 0. The van der Waals surface area contributed by atoms with Gasteiger partial charge in [-0.1, -0.05) is 39.8 Å². The number of nitrogens with zero attached hydrogens (tertiary/aromatic N) is 3. The van der Waals surface area contributed by atoms with Gasteiger partial charge in [-0.05, 0) is 50.0 Å². The maximum atomic E-state index is 4.71. The zero-order valence-corrected chi connectivity index (χ0v) is 15.1. The smallest absolute Gasteiger partial charge is 0.135 e. The van der Waals surface area contributed by atoms with E-state index in [1.54, 1.807) is 21.2 Å². The monoisotopic (exact) mass is 377 g/mol. The molecule has 0 aliphatic rings. The predicted molar refractivity (Wildman–Crippen MR) is 102 cm³/mol. The summed E-state index contributed by atoms with van der Waals surface area (Å²) < 4.78 is 5.97. The van der Waals surface area contributed by atoms with Crippen molar-refractivity contribution in [1.82, 2.24) is 15.3 Å². The number of hydrogen-bond donors (Lipinski definition) is 0. The second-order valence-electron chi connectivity index (χ2n) is 4.76. The largest absolute Gasteiger partial charge is 0.243 e. The van der Waals surface area contributed by atoms with Crippen LogP contribution < -0.4 is 0 Å². The third kappa shape index (κ3) is 3.65. The van der Waals surface area contributed by atoms with Gasteiger partial charge in [-0.15, -0.1) is 11.3 Å². The van der Waals surface area contributed by atoms with E-state index < -0.39 is 0 Å². The maximum absolute atomic E-state index is 4.71. The molecule has 0 atom stereocenters. The van der Waals surface area contributed by atoms with Gasteiger partial charge in [0.15, 0.2) is 0 Å². The fourth-order valence-electron chi connectivity index (χ4n) is 2.10. The highest BCUT2D eigenvalue weighted by Gasteiger charge is 2.05. The van der Waals surface area contributed by atoms with Gasteiger partial charge < -0.3 is 0 Å². The first-order valence-electron chi connectivity index (χ1n) is 6.85. The Bertz CT molecular complexity index is 899. The van der Waals surface area contributed by atoms with E-state index in [4.69, 9.17) is 4.63 Å². The van der Waals surface area contributed by atoms with E-state index in [2.05, 4.69) is 39.6 Å². The standard InChI is InChI=1S/C15H11N3OS4/c1-2-4-14-12(3-1)16-15(22-14)9-21-23-20-8-10-5-6-11-13(7-10)18-19-17-11/h1-7H,8-9H2. The van der Waals surface area contributed by atoms with Gasteiger partial charge in [0.2, 0.25) is 0 Å². The van der Waals surface area contributed by atoms with Gasteiger partial charge in [-0.25, -0.2) is 9.61 Å². The molecule has 4 nitrogen and oxygen atoms in total. The van der Waals surface area contributed by atoms with Crippen LogP contribution in [0.2, 0.25) is 0 Å². The lowest BCUT2D eigenvalue weighted by Crippen LogP contribution is -1.79. The number of para-hydroxylation sites is 1. The topological polar surface area (TPSA) is 51.8 Å². The lowest BCUT2D eigenvalue weighted by atomic mass is 10.2. The molecule has 2 heterocycles. The van der Waals surface area contributed by atoms with Crippen LogP contribution >= 0.6 is 42.8 Å². The Balaban J connectivity index is 1.26. The Kier molecular flexibility index (Phi) is 4.74. The molecule has 0 amide bonds. The van der Waals surface area contributed by atoms with Gasteiger partial charge in [0, 0.05) is 5.75 Å². The van der Waals surface area contributed by atoms with Crippen LogP contribution in [0.25, 0.3) is 21.3 Å². The molecule has 0 unspecified atom stereocenters. The zero-order chi connectivity index (χ0) is 15.5. The summed E-state index contributed by atoms with van der Waals surface area (Å²) in [5, 5.41) is 8.86. The van der Waals surface area contributed by atoms with Crippen LogP contribution in [-0.4, -0.2) is 15.3 Å². The second kappa shape index (κ2) is 7.12. The molecule has 0 aliphatic carbocycles. The quantitative estimate of drug-likeness (QED) is 0.322. The van der Waals surface area contributed by atoms with Crippen LogP contribution in [0.4, 0.5) is 0 Å². The van der Waals surface area contributed by atoms with Crippen molar-refractivity contribution >= 4 is 64.0 Å². The highest BCUT2D eigenvalue weighted by atomic mass is 33.5. The molecular weight excluding hydrogens is 366 g/mol. The van der Waals surface area contributed by atoms with Crippen molar-refractivity contribution in [2.24, 2.45) is 0 Å². The van der Waals surface area contributed by atoms with Crippen LogP contribution in [0.5, 0.6) is 0 Å². The lowest BCUT2D eigenvalue weighted by molar-refractivity contribution is 0.315. The Morgan fingerprint density at radius 3 is 2.74 bits per heavy atom. The third-order valence-electron chi connectivity index (χ3n) is 3.16. The summed E-state index contributed by atoms with van der Waals surface area (Å²) in [4.78, 5) is 4.65. The summed E-state index contributed by atoms with van der Waals surface area (Å²) in [6.07, 6.45) is 0. The number of benzene rings is 2. The first kappa shape index (κ1) is 15.3. The molecule has 2 aromatic heterocycles. The minimum atomic E-state index is 0.802. The van der Waals surface area contributed by atoms with E-state index in [-0.39, 0.29) is 0 Å². The number of thiazole rings is 1. The summed E-state index contributed by atoms with van der Waals surface area (Å²) in [5.41, 5.74) is 3.94. The van der Waals surface area contributed by atoms with Crippen molar-refractivity contribution in [1.29, 1.82) is 0 Å². The summed E-state index contributed by atoms with van der Waals surface area (Å²) in [7, 11) is 5.45. The molecule has 23 heavy (non-hydrogen) atoms. The fourth-order valence-corrected chi connectivity index (χ4v) is 6.86. The average Bonchev–Trinajstić information content (AvgIpc) is 3.20. The number of hydrogen-bond acceptors (Lipinski definition) is 8. The average molecular weight is 378 g/mol. The SMILES string of the molecule is c1ccc2sc(CSSSCc3ccc4nonc4c3)nc2c1. The van der Waals surface area contributed by atoms with Crippen molar-refractivity contribution in [3.8, 4) is 0 Å². The normalized spacial score (nSPS) is 11.5. The maximum Gasteiger partial charge on any atom is 0.135 e. The molecule has 4 rings (SSSR count). The third-order valence-corrected chi connectivity index (χ3v) is 8.43. The number of aromatic nitrogens is 3. The van der Waals surface area contributed by atoms with Crippen LogP contribution in [0.1, 0.15) is 10.6 Å². The molecule has 0 radical (unpaired) electrons. The van der Waals surface area contributed by atoms with E-state index in [0.717, 1.165) is 28.1 Å². The molecule has 4 aromatic rings. The van der Waals surface area contributed by atoms with Gasteiger partial charge in [0.05, 0.1) is 16.0 Å². The minimum absolute atomic E-state index is 0.802. The molecule has 0 bridgehead atoms. The van der Waals surface area contributed by atoms with Crippen molar-refractivity contribution in [3.63, 3.8) is 0 Å². The minimum Gasteiger partial charge on any atom is -0.243 e. The summed E-state index contributed by atoms with van der Waals surface area (Å²) in [5.74, 6) is 1.86. The molecule has 8 heteroatoms. The highest BCUT2D eigenvalue weighted by Crippen LogP contribution is 2.40. The first-order chi connectivity index (χ1) is 11.4. The van der Waals surface area contributed by atoms with Crippen LogP contribution in [-0.2, 0) is 11.5 Å². The van der Waals surface area contributed by atoms with E-state index >= 15 is 0 Å². The van der Waals surface area contributed by atoms with Gasteiger partial charge in [-0.2, -0.15) is 0 Å². The van der Waals surface area contributed by atoms with E-state index in [1.807, 2.05) is 39.8 Å². The molecule has 0 N–H and O–H groups in total. The van der Waals surface area contributed by atoms with E-state index in [0.29, 0.717) is 0 Å². The fraction of sp³-hybridized carbons (Fsp3) is 0.133. The van der Waals surface area contributed by atoms with Crippen molar-refractivity contribution in [2.75, 3.05) is 0 Å². The predicted octanol–water partition coefficient (Wildman–Crippen LogP) is 5.56. The molecule has 0 saturated heterocycles. The zero-order valence-electron chi connectivity index (χ0n) is 11.8. The number of fused-ring (bicyclic) bond motifs is 2. The Morgan fingerprint density at radius 1 is 0.913 bits per heavy atom. The van der Waals surface area contributed by atoms with Gasteiger partial charge in [0.1, 0.15) is 16.0 Å². The van der Waals surface area contributed by atoms with Gasteiger partial charge in [0.25, 0.3) is 0 Å². The van der Waals surface area contributed by atoms with Crippen LogP contribution in [0, 0.1) is 0 Å². The molecular formula is C15H11N3OS4. The lowest BCUT2D eigenvalue weighted by Gasteiger charge is -2.00. The van der Waals surface area contributed by atoms with Crippen molar-refractivity contribution in [3.05, 3.63) is 53.0 Å². The highest BCUT2D eigenvalue weighted by molar-refractivity contribution is 9.09. The van der Waals surface area contributed by atoms with Crippen molar-refractivity contribution < 1.29 is 4.63 Å². The summed E-state index contributed by atoms with van der Waals surface area (Å²) in [6, 6.07) is 14.3. The second-order valence-corrected chi connectivity index (χ2v) is 10.1. The van der Waals surface area contributed by atoms with Crippen molar-refractivity contribution in [2.45, 2.75) is 11.5 Å². The summed E-state index contributed by atoms with van der Waals surface area (Å²) >= 11 is 1.77. The van der Waals surface area contributed by atoms with Crippen LogP contribution in [0.3, 0.4) is 0 Å². The van der Waals surface area contributed by atoms with Gasteiger partial charge >= 0.3 is 0 Å². The van der Waals surface area contributed by atoms with E-state index in [1.165, 1.54) is 15.3 Å². The Hall–Kier alpha value is -1.22. The van der Waals surface area contributed by atoms with Gasteiger partial charge in [-0.3, -0.25) is 0 Å². The van der Waals surface area contributed by atoms with Crippen LogP contribution in [0.15, 0.2) is 47.1 Å². The Labute approximate surface area is 148 Å². The van der Waals surface area contributed by atoms with E-state index in [9.17, 15) is 0 Å². The molecule has 0 fully saturated rings. The molecule has 2 aromatic carbocycles. The number of rotatable bonds is 6. The molecule has 0 spiro atoms. The molecule has 0 aliphatic heterocycles. The first-order valence-corrected chi connectivity index (χ1v) is 11.5. The Morgan fingerprint density at radius 2 is 1.78 bits per heavy atom. The molecule has 116 valence electrons.